The minimum Gasteiger partial charge on any atom is -0.396 e. The highest BCUT2D eigenvalue weighted by Crippen LogP contribution is 2.26. The van der Waals surface area contributed by atoms with Crippen LogP contribution in [0.3, 0.4) is 0 Å². The summed E-state index contributed by atoms with van der Waals surface area (Å²) >= 11 is 0. The minimum atomic E-state index is -4.83. The molecule has 1 rings (SSSR count). The van der Waals surface area contributed by atoms with Crippen molar-refractivity contribution >= 4 is 5.91 Å². The molecule has 0 aromatic heterocycles. The summed E-state index contributed by atoms with van der Waals surface area (Å²) in [6.07, 6.45) is -2.91. The zero-order valence-corrected chi connectivity index (χ0v) is 7.47. The normalized spacial score (nSPS) is 27.7. The molecule has 14 heavy (non-hydrogen) atoms. The first-order chi connectivity index (χ1) is 6.45. The third kappa shape index (κ3) is 2.60. The monoisotopic (exact) mass is 211 g/mol. The van der Waals surface area contributed by atoms with Gasteiger partial charge in [-0.25, -0.2) is 0 Å². The van der Waals surface area contributed by atoms with Crippen molar-refractivity contribution in [2.24, 2.45) is 5.92 Å². The molecule has 1 aliphatic rings. The number of rotatable bonds is 2. The SMILES string of the molecule is O=C(NC1CCCC1CO)C(F)(F)F. The van der Waals surface area contributed by atoms with Crippen molar-refractivity contribution in [3.05, 3.63) is 0 Å². The molecule has 0 aromatic carbocycles. The van der Waals surface area contributed by atoms with Gasteiger partial charge in [-0.05, 0) is 12.8 Å². The summed E-state index contributed by atoms with van der Waals surface area (Å²) in [5.41, 5.74) is 0. The van der Waals surface area contributed by atoms with Crippen molar-refractivity contribution in [2.75, 3.05) is 6.61 Å². The molecule has 82 valence electrons. The molecule has 1 fully saturated rings. The fourth-order valence-corrected chi connectivity index (χ4v) is 1.70. The Morgan fingerprint density at radius 3 is 2.57 bits per heavy atom. The van der Waals surface area contributed by atoms with E-state index in [1.807, 2.05) is 5.32 Å². The van der Waals surface area contributed by atoms with Crippen LogP contribution >= 0.6 is 0 Å². The topological polar surface area (TPSA) is 49.3 Å². The number of nitrogens with one attached hydrogen (secondary N) is 1. The summed E-state index contributed by atoms with van der Waals surface area (Å²) in [6, 6.07) is -0.533. The predicted octanol–water partition coefficient (Wildman–Crippen LogP) is 0.826. The number of amides is 1. The summed E-state index contributed by atoms with van der Waals surface area (Å²) in [4.78, 5) is 10.6. The molecule has 1 aliphatic carbocycles. The highest BCUT2D eigenvalue weighted by Gasteiger charge is 2.41. The Hall–Kier alpha value is -0.780. The molecule has 1 amide bonds. The van der Waals surface area contributed by atoms with E-state index in [9.17, 15) is 18.0 Å². The second kappa shape index (κ2) is 4.16. The lowest BCUT2D eigenvalue weighted by atomic mass is 10.1. The largest absolute Gasteiger partial charge is 0.471 e. The number of aliphatic hydroxyl groups is 1. The van der Waals surface area contributed by atoms with E-state index in [2.05, 4.69) is 0 Å². The first kappa shape index (κ1) is 11.3. The van der Waals surface area contributed by atoms with E-state index in [-0.39, 0.29) is 12.5 Å². The van der Waals surface area contributed by atoms with E-state index in [1.54, 1.807) is 0 Å². The first-order valence-electron chi connectivity index (χ1n) is 4.43. The van der Waals surface area contributed by atoms with Crippen molar-refractivity contribution in [1.82, 2.24) is 5.32 Å². The van der Waals surface area contributed by atoms with E-state index in [1.165, 1.54) is 0 Å². The lowest BCUT2D eigenvalue weighted by Gasteiger charge is -2.19. The number of aliphatic hydroxyl groups excluding tert-OH is 1. The summed E-state index contributed by atoms with van der Waals surface area (Å²) in [7, 11) is 0. The molecule has 1 saturated carbocycles. The van der Waals surface area contributed by atoms with Crippen molar-refractivity contribution < 1.29 is 23.1 Å². The van der Waals surface area contributed by atoms with Crippen LogP contribution in [0, 0.1) is 5.92 Å². The average Bonchev–Trinajstić information content (AvgIpc) is 2.50. The third-order valence-corrected chi connectivity index (χ3v) is 2.47. The number of halogens is 3. The predicted molar refractivity (Wildman–Crippen MR) is 42.4 cm³/mol. The van der Waals surface area contributed by atoms with Crippen LogP contribution in [0.1, 0.15) is 19.3 Å². The zero-order chi connectivity index (χ0) is 10.8. The third-order valence-electron chi connectivity index (χ3n) is 2.47. The van der Waals surface area contributed by atoms with Gasteiger partial charge in [-0.15, -0.1) is 0 Å². The van der Waals surface area contributed by atoms with Gasteiger partial charge in [0.05, 0.1) is 0 Å². The quantitative estimate of drug-likeness (QED) is 0.710. The van der Waals surface area contributed by atoms with E-state index in [0.717, 1.165) is 6.42 Å². The van der Waals surface area contributed by atoms with Crippen LogP contribution in [-0.2, 0) is 4.79 Å². The number of hydrogen-bond acceptors (Lipinski definition) is 2. The van der Waals surface area contributed by atoms with Crippen LogP contribution < -0.4 is 5.32 Å². The van der Waals surface area contributed by atoms with Gasteiger partial charge in [-0.3, -0.25) is 4.79 Å². The molecule has 0 radical (unpaired) electrons. The summed E-state index contributed by atoms with van der Waals surface area (Å²) in [5, 5.41) is 10.7. The molecule has 0 heterocycles. The Bertz CT molecular complexity index is 217. The molecule has 0 saturated heterocycles. The van der Waals surface area contributed by atoms with E-state index in [4.69, 9.17) is 5.11 Å². The first-order valence-corrected chi connectivity index (χ1v) is 4.43. The van der Waals surface area contributed by atoms with E-state index >= 15 is 0 Å². The molecule has 0 aromatic rings. The molecular formula is C8H12F3NO2. The second-order valence-corrected chi connectivity index (χ2v) is 3.45. The maximum absolute atomic E-state index is 11.9. The van der Waals surface area contributed by atoms with Crippen LogP contribution in [0.2, 0.25) is 0 Å². The Morgan fingerprint density at radius 1 is 1.43 bits per heavy atom. The lowest BCUT2D eigenvalue weighted by molar-refractivity contribution is -0.174. The number of carbonyl (C=O) groups excluding carboxylic acids is 1. The maximum atomic E-state index is 11.9. The van der Waals surface area contributed by atoms with Gasteiger partial charge < -0.3 is 10.4 Å². The van der Waals surface area contributed by atoms with Crippen LogP contribution in [0.5, 0.6) is 0 Å². The molecule has 2 atom stereocenters. The van der Waals surface area contributed by atoms with Gasteiger partial charge in [0.15, 0.2) is 0 Å². The Morgan fingerprint density at radius 2 is 2.07 bits per heavy atom. The van der Waals surface area contributed by atoms with Crippen molar-refractivity contribution in [2.45, 2.75) is 31.5 Å². The molecular weight excluding hydrogens is 199 g/mol. The van der Waals surface area contributed by atoms with Crippen molar-refractivity contribution in [3.63, 3.8) is 0 Å². The highest BCUT2D eigenvalue weighted by atomic mass is 19.4. The molecule has 2 unspecified atom stereocenters. The Balaban J connectivity index is 2.48. The van der Waals surface area contributed by atoms with Gasteiger partial charge >= 0.3 is 12.1 Å². The number of alkyl halides is 3. The molecule has 6 heteroatoms. The molecule has 0 spiro atoms. The Kier molecular flexibility index (Phi) is 3.36. The zero-order valence-electron chi connectivity index (χ0n) is 7.47. The van der Waals surface area contributed by atoms with E-state index in [0.29, 0.717) is 12.8 Å². The summed E-state index contributed by atoms with van der Waals surface area (Å²) < 4.78 is 35.6. The van der Waals surface area contributed by atoms with Gasteiger partial charge in [0.2, 0.25) is 0 Å². The summed E-state index contributed by atoms with van der Waals surface area (Å²) in [5.74, 6) is -2.15. The van der Waals surface area contributed by atoms with Gasteiger partial charge in [-0.1, -0.05) is 6.42 Å². The van der Waals surface area contributed by atoms with Crippen molar-refractivity contribution in [3.8, 4) is 0 Å². The van der Waals surface area contributed by atoms with Gasteiger partial charge in [-0.2, -0.15) is 13.2 Å². The highest BCUT2D eigenvalue weighted by molar-refractivity contribution is 5.81. The van der Waals surface area contributed by atoms with Gasteiger partial charge in [0.25, 0.3) is 0 Å². The smallest absolute Gasteiger partial charge is 0.396 e. The molecule has 2 N–H and O–H groups in total. The molecule has 3 nitrogen and oxygen atoms in total. The van der Waals surface area contributed by atoms with Crippen LogP contribution in [-0.4, -0.2) is 29.8 Å². The number of carbonyl (C=O) groups is 1. The average molecular weight is 211 g/mol. The molecule has 0 aliphatic heterocycles. The minimum absolute atomic E-state index is 0.178. The van der Waals surface area contributed by atoms with E-state index < -0.39 is 18.1 Å². The van der Waals surface area contributed by atoms with Crippen LogP contribution in [0.15, 0.2) is 0 Å². The standard InChI is InChI=1S/C8H12F3NO2/c9-8(10,11)7(14)12-6-3-1-2-5(6)4-13/h5-6,13H,1-4H2,(H,12,14). The second-order valence-electron chi connectivity index (χ2n) is 3.45. The van der Waals surface area contributed by atoms with Crippen LogP contribution in [0.25, 0.3) is 0 Å². The maximum Gasteiger partial charge on any atom is 0.471 e. The van der Waals surface area contributed by atoms with Crippen molar-refractivity contribution in [1.29, 1.82) is 0 Å². The fourth-order valence-electron chi connectivity index (χ4n) is 1.70. The Labute approximate surface area is 79.3 Å². The van der Waals surface area contributed by atoms with Crippen LogP contribution in [0.4, 0.5) is 13.2 Å². The summed E-state index contributed by atoms with van der Waals surface area (Å²) in [6.45, 7) is -0.178. The van der Waals surface area contributed by atoms with Gasteiger partial charge in [0, 0.05) is 18.6 Å². The molecule has 0 bridgehead atoms. The fraction of sp³-hybridized carbons (Fsp3) is 0.875. The lowest BCUT2D eigenvalue weighted by Crippen LogP contribution is -2.45. The number of hydrogen-bond donors (Lipinski definition) is 2. The van der Waals surface area contributed by atoms with Gasteiger partial charge in [0.1, 0.15) is 0 Å².